The van der Waals surface area contributed by atoms with Crippen LogP contribution in [0.2, 0.25) is 0 Å². The Bertz CT molecular complexity index is 465. The largest absolute Gasteiger partial charge is 0.458 e. The molecule has 4 nitrogen and oxygen atoms in total. The maximum absolute atomic E-state index is 11.7. The van der Waals surface area contributed by atoms with Crippen LogP contribution in [0.3, 0.4) is 0 Å². The third-order valence-corrected chi connectivity index (χ3v) is 5.23. The molecule has 3 rings (SSSR count). The Labute approximate surface area is 112 Å². The number of aliphatic hydroxyl groups is 2. The van der Waals surface area contributed by atoms with E-state index in [0.29, 0.717) is 30.4 Å². The molecule has 0 spiro atoms. The minimum atomic E-state index is -0.859. The van der Waals surface area contributed by atoms with Crippen LogP contribution in [0.4, 0.5) is 0 Å². The number of esters is 1. The summed E-state index contributed by atoms with van der Waals surface area (Å²) in [6.07, 6.45) is 0.837. The van der Waals surface area contributed by atoms with Crippen LogP contribution in [0.5, 0.6) is 0 Å². The first-order chi connectivity index (χ1) is 8.83. The van der Waals surface area contributed by atoms with Gasteiger partial charge in [0.05, 0.1) is 11.7 Å². The molecule has 1 heterocycles. The van der Waals surface area contributed by atoms with Crippen LogP contribution in [0.1, 0.15) is 26.2 Å². The fraction of sp³-hybridized carbons (Fsp3) is 0.667. The lowest BCUT2D eigenvalue weighted by molar-refractivity contribution is -0.142. The van der Waals surface area contributed by atoms with Crippen molar-refractivity contribution in [1.29, 1.82) is 0 Å². The molecular weight excluding hydrogens is 244 g/mol. The number of ether oxygens (including phenoxy) is 1. The lowest BCUT2D eigenvalue weighted by atomic mass is 9.78. The van der Waals surface area contributed by atoms with E-state index in [9.17, 15) is 15.0 Å². The Morgan fingerprint density at radius 2 is 2.11 bits per heavy atom. The average molecular weight is 264 g/mol. The summed E-state index contributed by atoms with van der Waals surface area (Å²) in [7, 11) is 0. The molecule has 104 valence electrons. The van der Waals surface area contributed by atoms with E-state index in [2.05, 4.69) is 13.2 Å². The molecule has 0 amide bonds. The predicted octanol–water partition coefficient (Wildman–Crippen LogP) is 1.18. The Kier molecular flexibility index (Phi) is 2.67. The summed E-state index contributed by atoms with van der Waals surface area (Å²) in [4.78, 5) is 11.7. The standard InChI is InChI=1S/C15H20O4/c1-7-9-4-5-15(3,18)10-6-11(16)8(2)12(10)13(9)19-14(7)17/h9-13,16,18H,1-2,4-6H2,3H3/t9-,10+,11+,12-,13+,15-/m0/s1. The molecule has 0 aromatic carbocycles. The molecule has 19 heavy (non-hydrogen) atoms. The van der Waals surface area contributed by atoms with Crippen LogP contribution in [0, 0.1) is 17.8 Å². The molecule has 2 N–H and O–H groups in total. The minimum Gasteiger partial charge on any atom is -0.458 e. The third kappa shape index (κ3) is 1.70. The molecule has 0 radical (unpaired) electrons. The summed E-state index contributed by atoms with van der Waals surface area (Å²) in [5.74, 6) is -0.676. The second kappa shape index (κ2) is 3.93. The molecule has 1 aliphatic heterocycles. The van der Waals surface area contributed by atoms with Gasteiger partial charge >= 0.3 is 5.97 Å². The zero-order valence-corrected chi connectivity index (χ0v) is 11.1. The zero-order valence-electron chi connectivity index (χ0n) is 11.1. The van der Waals surface area contributed by atoms with Gasteiger partial charge in [0.2, 0.25) is 0 Å². The summed E-state index contributed by atoms with van der Waals surface area (Å²) in [5, 5.41) is 20.7. The molecule has 2 aliphatic carbocycles. The maximum atomic E-state index is 11.7. The predicted molar refractivity (Wildman–Crippen MR) is 69.1 cm³/mol. The van der Waals surface area contributed by atoms with Gasteiger partial charge in [0, 0.05) is 23.3 Å². The van der Waals surface area contributed by atoms with E-state index in [0.717, 1.165) is 0 Å². The van der Waals surface area contributed by atoms with Gasteiger partial charge < -0.3 is 14.9 Å². The highest BCUT2D eigenvalue weighted by Crippen LogP contribution is 2.53. The first-order valence-corrected chi connectivity index (χ1v) is 6.82. The summed E-state index contributed by atoms with van der Waals surface area (Å²) < 4.78 is 5.46. The van der Waals surface area contributed by atoms with E-state index in [1.54, 1.807) is 0 Å². The highest BCUT2D eigenvalue weighted by molar-refractivity contribution is 5.90. The average Bonchev–Trinajstić information content (AvgIpc) is 2.74. The molecular formula is C15H20O4. The molecule has 0 aromatic rings. The number of hydrogen-bond acceptors (Lipinski definition) is 4. The molecule has 2 saturated carbocycles. The van der Waals surface area contributed by atoms with Gasteiger partial charge in [0.1, 0.15) is 6.10 Å². The minimum absolute atomic E-state index is 0.0592. The van der Waals surface area contributed by atoms with Gasteiger partial charge in [-0.25, -0.2) is 4.79 Å². The van der Waals surface area contributed by atoms with Crippen molar-refractivity contribution in [3.63, 3.8) is 0 Å². The van der Waals surface area contributed by atoms with Crippen molar-refractivity contribution in [1.82, 2.24) is 0 Å². The second-order valence-corrected chi connectivity index (χ2v) is 6.36. The molecule has 4 heteroatoms. The van der Waals surface area contributed by atoms with E-state index in [1.807, 2.05) is 6.92 Å². The van der Waals surface area contributed by atoms with E-state index in [4.69, 9.17) is 4.74 Å². The first-order valence-electron chi connectivity index (χ1n) is 6.82. The summed E-state index contributed by atoms with van der Waals surface area (Å²) >= 11 is 0. The quantitative estimate of drug-likeness (QED) is 0.392. The van der Waals surface area contributed by atoms with Crippen molar-refractivity contribution < 1.29 is 19.7 Å². The van der Waals surface area contributed by atoms with Crippen LogP contribution in [0.15, 0.2) is 24.3 Å². The number of rotatable bonds is 0. The fourth-order valence-corrected chi connectivity index (χ4v) is 4.03. The lowest BCUT2D eigenvalue weighted by Crippen LogP contribution is -2.39. The lowest BCUT2D eigenvalue weighted by Gasteiger charge is -2.33. The summed E-state index contributed by atoms with van der Waals surface area (Å²) in [5.41, 5.74) is 0.322. The van der Waals surface area contributed by atoms with Crippen LogP contribution in [0.25, 0.3) is 0 Å². The molecule has 3 aliphatic rings. The molecule has 0 aromatic heterocycles. The molecule has 6 atom stereocenters. The Morgan fingerprint density at radius 1 is 1.42 bits per heavy atom. The van der Waals surface area contributed by atoms with Crippen molar-refractivity contribution in [2.45, 2.75) is 44.0 Å². The zero-order chi connectivity index (χ0) is 13.9. The number of fused-ring (bicyclic) bond motifs is 3. The Hall–Kier alpha value is -1.13. The summed E-state index contributed by atoms with van der Waals surface area (Å²) in [6.45, 7) is 9.58. The van der Waals surface area contributed by atoms with Crippen molar-refractivity contribution in [2.75, 3.05) is 0 Å². The van der Waals surface area contributed by atoms with Gasteiger partial charge in [-0.2, -0.15) is 0 Å². The second-order valence-electron chi connectivity index (χ2n) is 6.36. The molecule has 0 bridgehead atoms. The molecule has 1 saturated heterocycles. The fourth-order valence-electron chi connectivity index (χ4n) is 4.03. The van der Waals surface area contributed by atoms with Gasteiger partial charge in [0.25, 0.3) is 0 Å². The van der Waals surface area contributed by atoms with E-state index < -0.39 is 11.7 Å². The van der Waals surface area contributed by atoms with Gasteiger partial charge in [-0.15, -0.1) is 0 Å². The van der Waals surface area contributed by atoms with E-state index >= 15 is 0 Å². The Morgan fingerprint density at radius 3 is 2.79 bits per heavy atom. The van der Waals surface area contributed by atoms with Crippen molar-refractivity contribution in [2.24, 2.45) is 17.8 Å². The van der Waals surface area contributed by atoms with Crippen molar-refractivity contribution in [3.05, 3.63) is 24.3 Å². The van der Waals surface area contributed by atoms with E-state index in [1.165, 1.54) is 0 Å². The van der Waals surface area contributed by atoms with Crippen LogP contribution < -0.4 is 0 Å². The Balaban J connectivity index is 2.03. The third-order valence-electron chi connectivity index (χ3n) is 5.23. The van der Waals surface area contributed by atoms with Crippen LogP contribution in [-0.4, -0.2) is 34.0 Å². The van der Waals surface area contributed by atoms with Crippen LogP contribution in [-0.2, 0) is 9.53 Å². The maximum Gasteiger partial charge on any atom is 0.334 e. The molecule has 0 unspecified atom stereocenters. The normalized spacial score (nSPS) is 49.6. The number of carbonyl (C=O) groups excluding carboxylic acids is 1. The van der Waals surface area contributed by atoms with E-state index in [-0.39, 0.29) is 29.8 Å². The van der Waals surface area contributed by atoms with Gasteiger partial charge in [-0.3, -0.25) is 0 Å². The van der Waals surface area contributed by atoms with Gasteiger partial charge in [-0.1, -0.05) is 13.2 Å². The smallest absolute Gasteiger partial charge is 0.334 e. The molecule has 3 fully saturated rings. The van der Waals surface area contributed by atoms with Crippen molar-refractivity contribution in [3.8, 4) is 0 Å². The van der Waals surface area contributed by atoms with Gasteiger partial charge in [-0.05, 0) is 31.8 Å². The van der Waals surface area contributed by atoms with Crippen LogP contribution >= 0.6 is 0 Å². The number of aliphatic hydroxyl groups excluding tert-OH is 1. The topological polar surface area (TPSA) is 66.8 Å². The van der Waals surface area contributed by atoms with Gasteiger partial charge in [0.15, 0.2) is 0 Å². The van der Waals surface area contributed by atoms with Crippen molar-refractivity contribution >= 4 is 5.97 Å². The SMILES string of the molecule is C=C1[C@@H]2[C@@H]3OC(=O)C(=C)[C@@H]3CC[C@](C)(O)[C@@H]2C[C@H]1O. The summed E-state index contributed by atoms with van der Waals surface area (Å²) in [6, 6.07) is 0. The monoisotopic (exact) mass is 264 g/mol. The first kappa shape index (κ1) is 12.9. The highest BCUT2D eigenvalue weighted by Gasteiger charge is 2.57. The number of carbonyl (C=O) groups is 1. The highest BCUT2D eigenvalue weighted by atomic mass is 16.6. The number of hydrogen-bond donors (Lipinski definition) is 2.